The fraction of sp³-hybridized carbons (Fsp3) is 0.333. The summed E-state index contributed by atoms with van der Waals surface area (Å²) in [5, 5.41) is 3.37. The lowest BCUT2D eigenvalue weighted by atomic mass is 10.2. The summed E-state index contributed by atoms with van der Waals surface area (Å²) in [4.78, 5) is 36.6. The van der Waals surface area contributed by atoms with Crippen LogP contribution in [0, 0.1) is 6.92 Å². The molecule has 1 unspecified atom stereocenters. The van der Waals surface area contributed by atoms with Gasteiger partial charge in [0.1, 0.15) is 6.04 Å². The molecule has 1 atom stereocenters. The van der Waals surface area contributed by atoms with E-state index in [-0.39, 0.29) is 17.6 Å². The number of imidazole rings is 1. The van der Waals surface area contributed by atoms with Gasteiger partial charge >= 0.3 is 0 Å². The summed E-state index contributed by atoms with van der Waals surface area (Å²) in [6, 6.07) is 2.75. The summed E-state index contributed by atoms with van der Waals surface area (Å²) in [5.41, 5.74) is 0.805. The smallest absolute Gasteiger partial charge is 0.290 e. The average molecular weight is 385 g/mol. The van der Waals surface area contributed by atoms with Crippen molar-refractivity contribution in [1.29, 1.82) is 0 Å². The summed E-state index contributed by atoms with van der Waals surface area (Å²) >= 11 is 1.38. The summed E-state index contributed by atoms with van der Waals surface area (Å²) in [5.74, 6) is 0.562. The van der Waals surface area contributed by atoms with Crippen LogP contribution in [0.4, 0.5) is 5.13 Å². The Balaban J connectivity index is 1.51. The van der Waals surface area contributed by atoms with E-state index in [0.717, 1.165) is 22.8 Å². The van der Waals surface area contributed by atoms with E-state index in [0.29, 0.717) is 18.1 Å². The van der Waals surface area contributed by atoms with Crippen molar-refractivity contribution in [2.45, 2.75) is 25.8 Å². The number of aryl methyl sites for hydroxylation is 2. The normalized spacial score (nSPS) is 16.7. The second kappa shape index (κ2) is 6.99. The zero-order chi connectivity index (χ0) is 19.0. The van der Waals surface area contributed by atoms with Gasteiger partial charge in [0.15, 0.2) is 16.7 Å². The van der Waals surface area contributed by atoms with Crippen LogP contribution in [0.1, 0.15) is 29.1 Å². The Morgan fingerprint density at radius 1 is 1.41 bits per heavy atom. The van der Waals surface area contributed by atoms with Crippen LogP contribution in [0.15, 0.2) is 35.2 Å². The molecule has 27 heavy (non-hydrogen) atoms. The Kier molecular flexibility index (Phi) is 4.53. The van der Waals surface area contributed by atoms with E-state index in [1.807, 2.05) is 24.7 Å². The maximum Gasteiger partial charge on any atom is 0.290 e. The number of rotatable bonds is 4. The van der Waals surface area contributed by atoms with E-state index in [4.69, 9.17) is 4.42 Å². The summed E-state index contributed by atoms with van der Waals surface area (Å²) in [7, 11) is 1.91. The third kappa shape index (κ3) is 3.25. The third-order valence-electron chi connectivity index (χ3n) is 4.60. The molecule has 1 N–H and O–H groups in total. The molecule has 0 aromatic carbocycles. The van der Waals surface area contributed by atoms with Gasteiger partial charge in [0.25, 0.3) is 5.91 Å². The molecule has 140 valence electrons. The van der Waals surface area contributed by atoms with Crippen LogP contribution in [0.2, 0.25) is 0 Å². The number of amides is 2. The van der Waals surface area contributed by atoms with Crippen molar-refractivity contribution in [2.75, 3.05) is 11.9 Å². The number of likely N-dealkylation sites (tertiary alicyclic amines) is 1. The maximum atomic E-state index is 12.8. The minimum atomic E-state index is -0.525. The van der Waals surface area contributed by atoms with E-state index >= 15 is 0 Å². The SMILES string of the molecule is Cc1nc(NC(=O)C2CCCN2C(=O)c2ccco2)sc1-c1nccn1C. The van der Waals surface area contributed by atoms with Gasteiger partial charge in [0.2, 0.25) is 5.91 Å². The number of anilines is 1. The van der Waals surface area contributed by atoms with Crippen molar-refractivity contribution < 1.29 is 14.0 Å². The second-order valence-electron chi connectivity index (χ2n) is 6.42. The first-order chi connectivity index (χ1) is 13.0. The zero-order valence-electron chi connectivity index (χ0n) is 15.0. The predicted molar refractivity (Wildman–Crippen MR) is 100 cm³/mol. The van der Waals surface area contributed by atoms with Crippen LogP contribution in [-0.4, -0.2) is 43.8 Å². The molecule has 1 aliphatic heterocycles. The van der Waals surface area contributed by atoms with Gasteiger partial charge in [0, 0.05) is 26.0 Å². The molecule has 9 heteroatoms. The molecule has 4 heterocycles. The minimum absolute atomic E-state index is 0.229. The van der Waals surface area contributed by atoms with E-state index in [1.54, 1.807) is 23.2 Å². The van der Waals surface area contributed by atoms with E-state index in [1.165, 1.54) is 17.6 Å². The van der Waals surface area contributed by atoms with Gasteiger partial charge < -0.3 is 19.2 Å². The average Bonchev–Trinajstić information content (AvgIpc) is 3.42. The molecule has 8 nitrogen and oxygen atoms in total. The Morgan fingerprint density at radius 2 is 2.26 bits per heavy atom. The molecule has 3 aromatic rings. The van der Waals surface area contributed by atoms with Crippen LogP contribution < -0.4 is 5.32 Å². The molecule has 0 aliphatic carbocycles. The largest absolute Gasteiger partial charge is 0.459 e. The summed E-state index contributed by atoms with van der Waals surface area (Å²) in [6.07, 6.45) is 6.44. The molecular formula is C18H19N5O3S. The van der Waals surface area contributed by atoms with Gasteiger partial charge in [-0.3, -0.25) is 9.59 Å². The van der Waals surface area contributed by atoms with Gasteiger partial charge in [-0.05, 0) is 31.9 Å². The van der Waals surface area contributed by atoms with Crippen LogP contribution in [0.3, 0.4) is 0 Å². The van der Waals surface area contributed by atoms with E-state index in [2.05, 4.69) is 15.3 Å². The Hall–Kier alpha value is -2.94. The molecule has 0 spiro atoms. The van der Waals surface area contributed by atoms with Crippen LogP contribution >= 0.6 is 11.3 Å². The van der Waals surface area contributed by atoms with Gasteiger partial charge in [-0.1, -0.05) is 11.3 Å². The fourth-order valence-electron chi connectivity index (χ4n) is 3.25. The number of carbonyl (C=O) groups is 2. The Bertz CT molecular complexity index is 975. The van der Waals surface area contributed by atoms with Crippen molar-refractivity contribution in [3.05, 3.63) is 42.2 Å². The lowest BCUT2D eigenvalue weighted by molar-refractivity contribution is -0.119. The van der Waals surface area contributed by atoms with Crippen LogP contribution in [-0.2, 0) is 11.8 Å². The molecule has 3 aromatic heterocycles. The molecule has 0 bridgehead atoms. The number of nitrogens with zero attached hydrogens (tertiary/aromatic N) is 4. The van der Waals surface area contributed by atoms with Crippen molar-refractivity contribution in [3.63, 3.8) is 0 Å². The van der Waals surface area contributed by atoms with Gasteiger partial charge in [-0.25, -0.2) is 9.97 Å². The van der Waals surface area contributed by atoms with Crippen molar-refractivity contribution in [1.82, 2.24) is 19.4 Å². The number of aromatic nitrogens is 3. The monoisotopic (exact) mass is 385 g/mol. The summed E-state index contributed by atoms with van der Waals surface area (Å²) in [6.45, 7) is 2.42. The van der Waals surface area contributed by atoms with Crippen LogP contribution in [0.25, 0.3) is 10.7 Å². The molecule has 1 saturated heterocycles. The minimum Gasteiger partial charge on any atom is -0.459 e. The third-order valence-corrected chi connectivity index (χ3v) is 5.67. The molecule has 1 fully saturated rings. The fourth-order valence-corrected chi connectivity index (χ4v) is 4.26. The standard InChI is InChI=1S/C18H19N5O3S/c1-11-14(15-19-7-9-22(15)2)27-18(20-11)21-16(24)12-5-3-8-23(12)17(25)13-6-4-10-26-13/h4,6-7,9-10,12H,3,5,8H2,1-2H3,(H,20,21,24). The highest BCUT2D eigenvalue weighted by atomic mass is 32.1. The number of nitrogens with one attached hydrogen (secondary N) is 1. The summed E-state index contributed by atoms with van der Waals surface area (Å²) < 4.78 is 7.09. The van der Waals surface area contributed by atoms with E-state index < -0.39 is 6.04 Å². The Morgan fingerprint density at radius 3 is 2.96 bits per heavy atom. The van der Waals surface area contributed by atoms with Crippen LogP contribution in [0.5, 0.6) is 0 Å². The van der Waals surface area contributed by atoms with Crippen molar-refractivity contribution >= 4 is 28.3 Å². The lowest BCUT2D eigenvalue weighted by Gasteiger charge is -2.22. The highest BCUT2D eigenvalue weighted by Gasteiger charge is 2.36. The first-order valence-electron chi connectivity index (χ1n) is 8.65. The maximum absolute atomic E-state index is 12.8. The molecule has 0 radical (unpaired) electrons. The molecule has 1 aliphatic rings. The molecular weight excluding hydrogens is 366 g/mol. The highest BCUT2D eigenvalue weighted by molar-refractivity contribution is 7.19. The predicted octanol–water partition coefficient (Wildman–Crippen LogP) is 2.69. The van der Waals surface area contributed by atoms with Gasteiger partial charge in [-0.2, -0.15) is 0 Å². The highest BCUT2D eigenvalue weighted by Crippen LogP contribution is 2.32. The van der Waals surface area contributed by atoms with Crippen molar-refractivity contribution in [3.8, 4) is 10.7 Å². The first-order valence-corrected chi connectivity index (χ1v) is 9.46. The molecule has 2 amide bonds. The number of hydrogen-bond donors (Lipinski definition) is 1. The van der Waals surface area contributed by atoms with E-state index in [9.17, 15) is 9.59 Å². The van der Waals surface area contributed by atoms with Gasteiger partial charge in [0.05, 0.1) is 16.8 Å². The van der Waals surface area contributed by atoms with Crippen molar-refractivity contribution in [2.24, 2.45) is 7.05 Å². The zero-order valence-corrected chi connectivity index (χ0v) is 15.8. The number of carbonyl (C=O) groups excluding carboxylic acids is 2. The molecule has 4 rings (SSSR count). The molecule has 0 saturated carbocycles. The Labute approximate surface area is 159 Å². The second-order valence-corrected chi connectivity index (χ2v) is 7.42. The first kappa shape index (κ1) is 17.5. The number of thiazole rings is 1. The number of hydrogen-bond acceptors (Lipinski definition) is 6. The number of furan rings is 1. The quantitative estimate of drug-likeness (QED) is 0.745. The van der Waals surface area contributed by atoms with Gasteiger partial charge in [-0.15, -0.1) is 0 Å². The topological polar surface area (TPSA) is 93.3 Å². The lowest BCUT2D eigenvalue weighted by Crippen LogP contribution is -2.43.